The van der Waals surface area contributed by atoms with Crippen LogP contribution >= 0.6 is 11.6 Å². The fraction of sp³-hybridized carbons (Fsp3) is 0.700. The Labute approximate surface area is 96.1 Å². The highest BCUT2D eigenvalue weighted by Gasteiger charge is 2.63. The first-order valence-electron chi connectivity index (χ1n) is 4.67. The van der Waals surface area contributed by atoms with Gasteiger partial charge in [0.25, 0.3) is 0 Å². The topological polar surface area (TPSA) is 37.3 Å². The third-order valence-corrected chi connectivity index (χ3v) is 3.67. The van der Waals surface area contributed by atoms with Crippen molar-refractivity contribution in [1.82, 2.24) is 0 Å². The van der Waals surface area contributed by atoms with Gasteiger partial charge < -0.3 is 5.11 Å². The zero-order valence-corrected chi connectivity index (χ0v) is 9.78. The van der Waals surface area contributed by atoms with Crippen LogP contribution in [0.3, 0.4) is 0 Å². The number of hydrogen-bond donors (Lipinski definition) is 1. The van der Waals surface area contributed by atoms with Crippen molar-refractivity contribution in [2.75, 3.05) is 0 Å². The number of carbonyl (C=O) groups is 1. The number of alkyl halides is 3. The maximum Gasteiger partial charge on any atom is 0.426 e. The minimum Gasteiger partial charge on any atom is -0.481 e. The van der Waals surface area contributed by atoms with Gasteiger partial charge in [-0.25, -0.2) is 0 Å². The van der Waals surface area contributed by atoms with E-state index in [4.69, 9.17) is 16.7 Å². The average Bonchev–Trinajstić information content (AvgIpc) is 2.65. The Morgan fingerprint density at radius 2 is 1.75 bits per heavy atom. The molecule has 1 rings (SSSR count). The van der Waals surface area contributed by atoms with Crippen LogP contribution in [0.1, 0.15) is 20.8 Å². The third kappa shape index (κ3) is 2.05. The molecule has 1 fully saturated rings. The van der Waals surface area contributed by atoms with E-state index in [0.29, 0.717) is 0 Å². The molecule has 0 aromatic rings. The molecule has 0 saturated heterocycles. The number of halogens is 4. The van der Waals surface area contributed by atoms with Crippen molar-refractivity contribution in [3.63, 3.8) is 0 Å². The second-order valence-electron chi connectivity index (χ2n) is 4.61. The lowest BCUT2D eigenvalue weighted by atomic mass is 10.0. The molecule has 6 heteroatoms. The fourth-order valence-electron chi connectivity index (χ4n) is 2.27. The standard InChI is InChI=1S/C10H12ClF3O2/c1-4(7(11)10(12,13)14)5-6(8(15)16)9(5,2)3/h5-6H,1-3H3,(H,15,16)/t5-,6-/m1/s1. The first-order chi connectivity index (χ1) is 7.01. The Morgan fingerprint density at radius 3 is 2.00 bits per heavy atom. The molecule has 0 unspecified atom stereocenters. The van der Waals surface area contributed by atoms with Crippen LogP contribution in [0.25, 0.3) is 0 Å². The van der Waals surface area contributed by atoms with Crippen molar-refractivity contribution in [2.24, 2.45) is 17.3 Å². The van der Waals surface area contributed by atoms with Gasteiger partial charge in [-0.05, 0) is 17.9 Å². The van der Waals surface area contributed by atoms with Gasteiger partial charge in [0, 0.05) is 5.92 Å². The maximum absolute atomic E-state index is 12.3. The van der Waals surface area contributed by atoms with Gasteiger partial charge in [-0.15, -0.1) is 0 Å². The summed E-state index contributed by atoms with van der Waals surface area (Å²) in [7, 11) is 0. The number of hydrogen-bond acceptors (Lipinski definition) is 1. The molecule has 2 nitrogen and oxygen atoms in total. The molecule has 92 valence electrons. The Morgan fingerprint density at radius 1 is 1.31 bits per heavy atom. The summed E-state index contributed by atoms with van der Waals surface area (Å²) in [4.78, 5) is 10.8. The molecule has 0 aromatic carbocycles. The van der Waals surface area contributed by atoms with Crippen molar-refractivity contribution in [1.29, 1.82) is 0 Å². The summed E-state index contributed by atoms with van der Waals surface area (Å²) in [6.45, 7) is 4.49. The van der Waals surface area contributed by atoms with Crippen LogP contribution < -0.4 is 0 Å². The summed E-state index contributed by atoms with van der Waals surface area (Å²) in [5, 5.41) is 7.65. The number of carboxylic acid groups (broad SMARTS) is 1. The van der Waals surface area contributed by atoms with Crippen LogP contribution in [0, 0.1) is 17.3 Å². The van der Waals surface area contributed by atoms with Gasteiger partial charge in [-0.2, -0.15) is 13.2 Å². The maximum atomic E-state index is 12.3. The normalized spacial score (nSPS) is 29.7. The van der Waals surface area contributed by atoms with E-state index in [1.54, 1.807) is 13.8 Å². The minimum atomic E-state index is -4.60. The number of carboxylic acids is 1. The summed E-state index contributed by atoms with van der Waals surface area (Å²) in [6, 6.07) is 0. The molecule has 0 spiro atoms. The van der Waals surface area contributed by atoms with E-state index in [9.17, 15) is 18.0 Å². The molecular weight excluding hydrogens is 245 g/mol. The predicted octanol–water partition coefficient (Wildman–Crippen LogP) is 3.42. The first kappa shape index (κ1) is 13.4. The average molecular weight is 257 g/mol. The largest absolute Gasteiger partial charge is 0.481 e. The lowest BCUT2D eigenvalue weighted by molar-refractivity contribution is -0.139. The summed E-state index contributed by atoms with van der Waals surface area (Å²) in [5.41, 5.74) is -0.757. The lowest BCUT2D eigenvalue weighted by Gasteiger charge is -2.10. The molecule has 1 aliphatic carbocycles. The first-order valence-corrected chi connectivity index (χ1v) is 5.05. The zero-order chi connectivity index (χ0) is 12.9. The van der Waals surface area contributed by atoms with Crippen molar-refractivity contribution in [3.05, 3.63) is 10.6 Å². The van der Waals surface area contributed by atoms with Crippen molar-refractivity contribution < 1.29 is 23.1 Å². The highest BCUT2D eigenvalue weighted by Crippen LogP contribution is 2.62. The van der Waals surface area contributed by atoms with Gasteiger partial charge in [0.1, 0.15) is 5.03 Å². The summed E-state index contributed by atoms with van der Waals surface area (Å²) in [5.74, 6) is -2.51. The molecule has 0 aromatic heterocycles. The summed E-state index contributed by atoms with van der Waals surface area (Å²) in [6.07, 6.45) is -4.60. The molecular formula is C10H12ClF3O2. The van der Waals surface area contributed by atoms with Gasteiger partial charge in [0.15, 0.2) is 0 Å². The Bertz CT molecular complexity index is 358. The second-order valence-corrected chi connectivity index (χ2v) is 4.99. The monoisotopic (exact) mass is 256 g/mol. The predicted molar refractivity (Wildman–Crippen MR) is 53.0 cm³/mol. The smallest absolute Gasteiger partial charge is 0.426 e. The van der Waals surface area contributed by atoms with E-state index in [1.807, 2.05) is 0 Å². The molecule has 2 atom stereocenters. The van der Waals surface area contributed by atoms with E-state index in [-0.39, 0.29) is 5.57 Å². The quantitative estimate of drug-likeness (QED) is 0.822. The molecule has 1 saturated carbocycles. The van der Waals surface area contributed by atoms with Crippen LogP contribution in [-0.2, 0) is 4.79 Å². The van der Waals surface area contributed by atoms with Crippen LogP contribution in [0.15, 0.2) is 10.6 Å². The minimum absolute atomic E-state index is 0.0911. The molecule has 16 heavy (non-hydrogen) atoms. The molecule has 1 aliphatic rings. The number of rotatable bonds is 2. The highest BCUT2D eigenvalue weighted by atomic mass is 35.5. The third-order valence-electron chi connectivity index (χ3n) is 3.16. The Hall–Kier alpha value is -0.710. The molecule has 1 N–H and O–H groups in total. The fourth-order valence-corrected chi connectivity index (χ4v) is 2.38. The van der Waals surface area contributed by atoms with E-state index >= 15 is 0 Å². The molecule has 0 amide bonds. The van der Waals surface area contributed by atoms with Gasteiger partial charge in [-0.1, -0.05) is 25.4 Å². The zero-order valence-electron chi connectivity index (χ0n) is 9.02. The van der Waals surface area contributed by atoms with Crippen LogP contribution in [0.2, 0.25) is 0 Å². The second kappa shape index (κ2) is 3.65. The molecule has 0 aliphatic heterocycles. The van der Waals surface area contributed by atoms with E-state index in [0.717, 1.165) is 0 Å². The Balaban J connectivity index is 3.03. The van der Waals surface area contributed by atoms with Gasteiger partial charge in [-0.3, -0.25) is 4.79 Å². The van der Waals surface area contributed by atoms with E-state index in [2.05, 4.69) is 0 Å². The van der Waals surface area contributed by atoms with Crippen molar-refractivity contribution >= 4 is 17.6 Å². The SMILES string of the molecule is CC(=C(Cl)C(F)(F)F)[C@@H]1[C@H](C(=O)O)C1(C)C. The summed E-state index contributed by atoms with van der Waals surface area (Å²) >= 11 is 5.20. The van der Waals surface area contributed by atoms with Gasteiger partial charge in [0.2, 0.25) is 0 Å². The van der Waals surface area contributed by atoms with Crippen molar-refractivity contribution in [3.8, 4) is 0 Å². The highest BCUT2D eigenvalue weighted by molar-refractivity contribution is 6.30. The van der Waals surface area contributed by atoms with Crippen LogP contribution in [0.4, 0.5) is 13.2 Å². The number of aliphatic carboxylic acids is 1. The van der Waals surface area contributed by atoms with Crippen LogP contribution in [-0.4, -0.2) is 17.3 Å². The van der Waals surface area contributed by atoms with Crippen molar-refractivity contribution in [2.45, 2.75) is 26.9 Å². The van der Waals surface area contributed by atoms with E-state index < -0.39 is 34.4 Å². The number of allylic oxidation sites excluding steroid dienone is 2. The van der Waals surface area contributed by atoms with Gasteiger partial charge >= 0.3 is 12.1 Å². The lowest BCUT2D eigenvalue weighted by Crippen LogP contribution is -2.11. The molecule has 0 radical (unpaired) electrons. The summed E-state index contributed by atoms with van der Waals surface area (Å²) < 4.78 is 37.0. The Kier molecular flexibility index (Phi) is 3.05. The van der Waals surface area contributed by atoms with Gasteiger partial charge in [0.05, 0.1) is 5.92 Å². The molecule has 0 heterocycles. The molecule has 0 bridgehead atoms. The van der Waals surface area contributed by atoms with Crippen LogP contribution in [0.5, 0.6) is 0 Å². The van der Waals surface area contributed by atoms with E-state index in [1.165, 1.54) is 6.92 Å².